The van der Waals surface area contributed by atoms with Gasteiger partial charge in [-0.1, -0.05) is 0 Å². The monoisotopic (exact) mass is 329 g/mol. The summed E-state index contributed by atoms with van der Waals surface area (Å²) in [7, 11) is 0. The van der Waals surface area contributed by atoms with Crippen molar-refractivity contribution in [2.45, 2.75) is 64.1 Å². The van der Waals surface area contributed by atoms with Gasteiger partial charge < -0.3 is 16.0 Å². The summed E-state index contributed by atoms with van der Waals surface area (Å²) in [6.45, 7) is 6.70. The first-order chi connectivity index (χ1) is 9.77. The second-order valence-electron chi connectivity index (χ2n) is 8.02. The van der Waals surface area contributed by atoms with Gasteiger partial charge >= 0.3 is 0 Å². The van der Waals surface area contributed by atoms with Gasteiger partial charge in [0.1, 0.15) is 0 Å². The lowest BCUT2D eigenvalue weighted by molar-refractivity contribution is -0.131. The molecule has 2 aliphatic carbocycles. The van der Waals surface area contributed by atoms with Crippen molar-refractivity contribution in [1.82, 2.24) is 10.2 Å². The van der Waals surface area contributed by atoms with Crippen LogP contribution >= 0.6 is 12.4 Å². The van der Waals surface area contributed by atoms with E-state index in [1.54, 1.807) is 0 Å². The largest absolute Gasteiger partial charge is 0.351 e. The standard InChI is InChI=1S/C16H27N3O2.ClH/c1-16(2,3)19-8-11(7-12(19)20)18-15(21)13-9-4-5-10(6-9)14(13)17;/h9-11,13-14H,4-8,17H2,1-3H3,(H,18,21);1H. The van der Waals surface area contributed by atoms with Gasteiger partial charge in [0, 0.05) is 24.5 Å². The SMILES string of the molecule is CC(C)(C)N1CC(NC(=O)C2C3CCC(C3)C2N)CC1=O.Cl. The van der Waals surface area contributed by atoms with Crippen LogP contribution in [-0.2, 0) is 9.59 Å². The van der Waals surface area contributed by atoms with Crippen molar-refractivity contribution in [2.24, 2.45) is 23.5 Å². The van der Waals surface area contributed by atoms with Crippen LogP contribution < -0.4 is 11.1 Å². The van der Waals surface area contributed by atoms with Gasteiger partial charge in [-0.2, -0.15) is 0 Å². The minimum Gasteiger partial charge on any atom is -0.351 e. The quantitative estimate of drug-likeness (QED) is 0.801. The molecule has 22 heavy (non-hydrogen) atoms. The van der Waals surface area contributed by atoms with E-state index in [4.69, 9.17) is 5.73 Å². The van der Waals surface area contributed by atoms with Crippen molar-refractivity contribution in [1.29, 1.82) is 0 Å². The third kappa shape index (κ3) is 2.98. The van der Waals surface area contributed by atoms with Gasteiger partial charge in [0.05, 0.1) is 12.0 Å². The molecule has 5 nitrogen and oxygen atoms in total. The first-order valence-electron chi connectivity index (χ1n) is 8.14. The fourth-order valence-corrected chi connectivity index (χ4v) is 4.47. The van der Waals surface area contributed by atoms with E-state index in [1.165, 1.54) is 6.42 Å². The predicted molar refractivity (Wildman–Crippen MR) is 87.6 cm³/mol. The van der Waals surface area contributed by atoms with Gasteiger partial charge in [0.2, 0.25) is 11.8 Å². The summed E-state index contributed by atoms with van der Waals surface area (Å²) >= 11 is 0. The van der Waals surface area contributed by atoms with Crippen LogP contribution in [0.4, 0.5) is 0 Å². The third-order valence-corrected chi connectivity index (χ3v) is 5.56. The highest BCUT2D eigenvalue weighted by Gasteiger charge is 2.49. The lowest BCUT2D eigenvalue weighted by atomic mass is 9.84. The van der Waals surface area contributed by atoms with E-state index in [0.29, 0.717) is 24.8 Å². The Morgan fingerprint density at radius 1 is 1.27 bits per heavy atom. The van der Waals surface area contributed by atoms with Crippen LogP contribution in [0.1, 0.15) is 46.5 Å². The van der Waals surface area contributed by atoms with Crippen molar-refractivity contribution >= 4 is 24.2 Å². The van der Waals surface area contributed by atoms with Crippen LogP contribution in [-0.4, -0.2) is 40.9 Å². The summed E-state index contributed by atoms with van der Waals surface area (Å²) in [5.41, 5.74) is 6.04. The molecule has 6 heteroatoms. The Morgan fingerprint density at radius 3 is 2.41 bits per heavy atom. The number of nitrogens with one attached hydrogen (secondary N) is 1. The molecule has 0 aromatic rings. The summed E-state index contributed by atoms with van der Waals surface area (Å²) in [6, 6.07) is -0.0462. The summed E-state index contributed by atoms with van der Waals surface area (Å²) in [6.07, 6.45) is 3.83. The molecule has 1 aliphatic heterocycles. The lowest BCUT2D eigenvalue weighted by Crippen LogP contribution is -2.49. The minimum absolute atomic E-state index is 0. The van der Waals surface area contributed by atoms with E-state index in [0.717, 1.165) is 12.8 Å². The molecule has 2 amide bonds. The molecule has 2 saturated carbocycles. The second kappa shape index (κ2) is 6.00. The average Bonchev–Trinajstić information content (AvgIpc) is 3.02. The summed E-state index contributed by atoms with van der Waals surface area (Å²) in [5, 5.41) is 3.09. The van der Waals surface area contributed by atoms with Gasteiger partial charge in [-0.25, -0.2) is 0 Å². The molecule has 3 aliphatic rings. The van der Waals surface area contributed by atoms with E-state index in [2.05, 4.69) is 5.32 Å². The maximum absolute atomic E-state index is 12.5. The van der Waals surface area contributed by atoms with Crippen LogP contribution in [0.5, 0.6) is 0 Å². The Morgan fingerprint density at radius 2 is 1.91 bits per heavy atom. The highest BCUT2D eigenvalue weighted by Crippen LogP contribution is 2.47. The number of likely N-dealkylation sites (tertiary alicyclic amines) is 1. The summed E-state index contributed by atoms with van der Waals surface area (Å²) in [5.74, 6) is 1.15. The Hall–Kier alpha value is -0.810. The molecule has 3 rings (SSSR count). The van der Waals surface area contributed by atoms with Gasteiger partial charge in [-0.05, 0) is 51.9 Å². The van der Waals surface area contributed by atoms with E-state index in [-0.39, 0.29) is 47.8 Å². The number of hydrogen-bond donors (Lipinski definition) is 2. The fraction of sp³-hybridized carbons (Fsp3) is 0.875. The molecule has 0 radical (unpaired) electrons. The normalized spacial score (nSPS) is 37.4. The number of carbonyl (C=O) groups excluding carboxylic acids is 2. The topological polar surface area (TPSA) is 75.4 Å². The van der Waals surface area contributed by atoms with Crippen LogP contribution in [0, 0.1) is 17.8 Å². The van der Waals surface area contributed by atoms with Crippen molar-refractivity contribution in [2.75, 3.05) is 6.54 Å². The molecule has 0 aromatic heterocycles. The Balaban J connectivity index is 0.00000176. The number of halogens is 1. The molecule has 3 N–H and O–H groups in total. The maximum atomic E-state index is 12.5. The molecule has 1 heterocycles. The highest BCUT2D eigenvalue weighted by atomic mass is 35.5. The Bertz CT molecular complexity index is 461. The van der Waals surface area contributed by atoms with Crippen molar-refractivity contribution < 1.29 is 9.59 Å². The summed E-state index contributed by atoms with van der Waals surface area (Å²) in [4.78, 5) is 26.5. The van der Waals surface area contributed by atoms with Crippen molar-refractivity contribution in [3.05, 3.63) is 0 Å². The number of fused-ring (bicyclic) bond motifs is 2. The molecule has 5 unspecified atom stereocenters. The first kappa shape index (κ1) is 17.5. The summed E-state index contributed by atoms with van der Waals surface area (Å²) < 4.78 is 0. The lowest BCUT2D eigenvalue weighted by Gasteiger charge is -2.32. The van der Waals surface area contributed by atoms with Gasteiger partial charge in [0.25, 0.3) is 0 Å². The van der Waals surface area contributed by atoms with Crippen LogP contribution in [0.3, 0.4) is 0 Å². The number of carbonyl (C=O) groups is 2. The van der Waals surface area contributed by atoms with Gasteiger partial charge in [-0.15, -0.1) is 12.4 Å². The number of nitrogens with zero attached hydrogens (tertiary/aromatic N) is 1. The first-order valence-corrected chi connectivity index (χ1v) is 8.14. The fourth-order valence-electron chi connectivity index (χ4n) is 4.47. The molecule has 0 aromatic carbocycles. The zero-order valence-corrected chi connectivity index (χ0v) is 14.5. The Labute approximate surface area is 138 Å². The molecule has 2 bridgehead atoms. The average molecular weight is 330 g/mol. The second-order valence-corrected chi connectivity index (χ2v) is 8.02. The van der Waals surface area contributed by atoms with Crippen LogP contribution in [0.2, 0.25) is 0 Å². The molecular formula is C16H28ClN3O2. The van der Waals surface area contributed by atoms with E-state index >= 15 is 0 Å². The zero-order chi connectivity index (χ0) is 15.4. The molecule has 5 atom stereocenters. The van der Waals surface area contributed by atoms with E-state index in [1.807, 2.05) is 25.7 Å². The molecular weight excluding hydrogens is 302 g/mol. The predicted octanol–water partition coefficient (Wildman–Crippen LogP) is 1.30. The van der Waals surface area contributed by atoms with Crippen molar-refractivity contribution in [3.8, 4) is 0 Å². The van der Waals surface area contributed by atoms with Gasteiger partial charge in [0.15, 0.2) is 0 Å². The number of rotatable bonds is 2. The number of amides is 2. The number of nitrogens with two attached hydrogens (primary N) is 1. The van der Waals surface area contributed by atoms with Crippen LogP contribution in [0.25, 0.3) is 0 Å². The molecule has 126 valence electrons. The zero-order valence-electron chi connectivity index (χ0n) is 13.7. The van der Waals surface area contributed by atoms with E-state index < -0.39 is 0 Å². The maximum Gasteiger partial charge on any atom is 0.225 e. The van der Waals surface area contributed by atoms with Crippen LogP contribution in [0.15, 0.2) is 0 Å². The smallest absolute Gasteiger partial charge is 0.225 e. The molecule has 3 fully saturated rings. The van der Waals surface area contributed by atoms with Crippen molar-refractivity contribution in [3.63, 3.8) is 0 Å². The van der Waals surface area contributed by atoms with E-state index in [9.17, 15) is 9.59 Å². The Kier molecular flexibility index (Phi) is 4.79. The minimum atomic E-state index is -0.181. The molecule has 0 spiro atoms. The molecule has 1 saturated heterocycles. The highest BCUT2D eigenvalue weighted by molar-refractivity contribution is 5.85. The van der Waals surface area contributed by atoms with Gasteiger partial charge in [-0.3, -0.25) is 9.59 Å². The number of hydrogen-bond acceptors (Lipinski definition) is 3. The third-order valence-electron chi connectivity index (χ3n) is 5.56.